The fourth-order valence-corrected chi connectivity index (χ4v) is 3.32. The highest BCUT2D eigenvalue weighted by atomic mass is 16.5. The van der Waals surface area contributed by atoms with Crippen molar-refractivity contribution in [2.75, 3.05) is 7.11 Å². The van der Waals surface area contributed by atoms with E-state index in [9.17, 15) is 14.4 Å². The largest absolute Gasteiger partial charge is 0.468 e. The van der Waals surface area contributed by atoms with E-state index in [1.165, 1.54) is 14.0 Å². The summed E-state index contributed by atoms with van der Waals surface area (Å²) < 4.78 is 4.91. The summed E-state index contributed by atoms with van der Waals surface area (Å²) in [6.07, 6.45) is 5.06. The molecule has 1 saturated carbocycles. The van der Waals surface area contributed by atoms with Gasteiger partial charge in [-0.2, -0.15) is 0 Å². The number of hydrogen-bond acceptors (Lipinski definition) is 5. The van der Waals surface area contributed by atoms with Gasteiger partial charge in [-0.15, -0.1) is 0 Å². The molecular formula is C19H25NO4. The first-order valence-corrected chi connectivity index (χ1v) is 8.48. The van der Waals surface area contributed by atoms with E-state index in [4.69, 9.17) is 4.74 Å². The lowest BCUT2D eigenvalue weighted by Crippen LogP contribution is -2.54. The standard InChI is InChI=1S/C19H25NO4/c1-13(21)16(18(22)15-11-7-4-8-12-15)20-17(19(23)24-2)14-9-5-3-6-10-14/h4,7-8,11-12,14,16-17,20H,3,5-6,9-10H2,1-2H3. The zero-order valence-corrected chi connectivity index (χ0v) is 14.3. The number of benzene rings is 1. The highest BCUT2D eigenvalue weighted by Crippen LogP contribution is 2.27. The van der Waals surface area contributed by atoms with Crippen LogP contribution in [-0.4, -0.2) is 36.7 Å². The Labute approximate surface area is 142 Å². The summed E-state index contributed by atoms with van der Waals surface area (Å²) in [5, 5.41) is 3.00. The Kier molecular flexibility index (Phi) is 6.67. The minimum absolute atomic E-state index is 0.0941. The van der Waals surface area contributed by atoms with Gasteiger partial charge in [0.2, 0.25) is 0 Å². The number of hydrogen-bond donors (Lipinski definition) is 1. The number of carbonyl (C=O) groups excluding carboxylic acids is 3. The maximum Gasteiger partial charge on any atom is 0.323 e. The molecule has 1 aliphatic carbocycles. The molecule has 0 aliphatic heterocycles. The molecule has 1 fully saturated rings. The van der Waals surface area contributed by atoms with Crippen LogP contribution in [0.25, 0.3) is 0 Å². The molecule has 1 N–H and O–H groups in total. The van der Waals surface area contributed by atoms with Crippen LogP contribution >= 0.6 is 0 Å². The van der Waals surface area contributed by atoms with Crippen LogP contribution in [0.4, 0.5) is 0 Å². The number of esters is 1. The highest BCUT2D eigenvalue weighted by Gasteiger charge is 2.35. The molecule has 0 saturated heterocycles. The highest BCUT2D eigenvalue weighted by molar-refractivity contribution is 6.13. The Balaban J connectivity index is 2.20. The molecule has 2 rings (SSSR count). The summed E-state index contributed by atoms with van der Waals surface area (Å²) in [7, 11) is 1.33. The topological polar surface area (TPSA) is 72.5 Å². The van der Waals surface area contributed by atoms with Crippen molar-refractivity contribution >= 4 is 17.5 Å². The monoisotopic (exact) mass is 331 g/mol. The van der Waals surface area contributed by atoms with Crippen LogP contribution in [0.3, 0.4) is 0 Å². The Hall–Kier alpha value is -2.01. The van der Waals surface area contributed by atoms with Crippen LogP contribution in [0.15, 0.2) is 30.3 Å². The summed E-state index contributed by atoms with van der Waals surface area (Å²) in [4.78, 5) is 37.0. The summed E-state index contributed by atoms with van der Waals surface area (Å²) in [5.41, 5.74) is 0.456. The maximum atomic E-state index is 12.7. The average Bonchev–Trinajstić information content (AvgIpc) is 2.62. The molecule has 0 heterocycles. The second-order valence-corrected chi connectivity index (χ2v) is 6.34. The van der Waals surface area contributed by atoms with Crippen LogP contribution in [0.1, 0.15) is 49.4 Å². The van der Waals surface area contributed by atoms with Crippen LogP contribution in [0, 0.1) is 5.92 Å². The third-order valence-electron chi connectivity index (χ3n) is 4.65. The van der Waals surface area contributed by atoms with E-state index < -0.39 is 18.1 Å². The van der Waals surface area contributed by atoms with E-state index in [2.05, 4.69) is 5.32 Å². The van der Waals surface area contributed by atoms with Gasteiger partial charge in [-0.3, -0.25) is 19.7 Å². The lowest BCUT2D eigenvalue weighted by Gasteiger charge is -2.31. The maximum absolute atomic E-state index is 12.7. The number of rotatable bonds is 7. The molecule has 5 nitrogen and oxygen atoms in total. The number of ether oxygens (including phenoxy) is 1. The lowest BCUT2D eigenvalue weighted by atomic mass is 9.83. The number of carbonyl (C=O) groups is 3. The molecule has 0 bridgehead atoms. The molecule has 0 aromatic heterocycles. The fourth-order valence-electron chi connectivity index (χ4n) is 3.32. The van der Waals surface area contributed by atoms with Crippen LogP contribution in [0.2, 0.25) is 0 Å². The van der Waals surface area contributed by atoms with Gasteiger partial charge in [0, 0.05) is 5.56 Å². The number of Topliss-reactive ketones (excluding diaryl/α,β-unsaturated/α-hetero) is 2. The van der Waals surface area contributed by atoms with E-state index in [0.717, 1.165) is 32.1 Å². The summed E-state index contributed by atoms with van der Waals surface area (Å²) in [6.45, 7) is 1.37. The van der Waals surface area contributed by atoms with Gasteiger partial charge in [0.15, 0.2) is 11.6 Å². The minimum atomic E-state index is -1.03. The predicted molar refractivity (Wildman–Crippen MR) is 90.8 cm³/mol. The third kappa shape index (κ3) is 4.51. The van der Waals surface area contributed by atoms with Gasteiger partial charge in [-0.05, 0) is 25.7 Å². The van der Waals surface area contributed by atoms with E-state index >= 15 is 0 Å². The van der Waals surface area contributed by atoms with Gasteiger partial charge in [-0.25, -0.2) is 0 Å². The predicted octanol–water partition coefficient (Wildman–Crippen LogP) is 2.54. The molecule has 24 heavy (non-hydrogen) atoms. The van der Waals surface area contributed by atoms with Gasteiger partial charge in [0.25, 0.3) is 0 Å². The van der Waals surface area contributed by atoms with Crippen molar-refractivity contribution in [1.82, 2.24) is 5.32 Å². The van der Waals surface area contributed by atoms with E-state index in [-0.39, 0.29) is 17.5 Å². The molecule has 0 radical (unpaired) electrons. The average molecular weight is 331 g/mol. The Morgan fingerprint density at radius 2 is 1.71 bits per heavy atom. The summed E-state index contributed by atoms with van der Waals surface area (Å²) in [6, 6.07) is 7.01. The van der Waals surface area contributed by atoms with Crippen molar-refractivity contribution in [2.24, 2.45) is 5.92 Å². The van der Waals surface area contributed by atoms with Crippen molar-refractivity contribution in [3.63, 3.8) is 0 Å². The van der Waals surface area contributed by atoms with Gasteiger partial charge < -0.3 is 4.74 Å². The normalized spacial score (nSPS) is 17.8. The zero-order chi connectivity index (χ0) is 17.5. The van der Waals surface area contributed by atoms with Crippen molar-refractivity contribution in [1.29, 1.82) is 0 Å². The third-order valence-corrected chi connectivity index (χ3v) is 4.65. The zero-order valence-electron chi connectivity index (χ0n) is 14.3. The molecule has 2 atom stereocenters. The summed E-state index contributed by atoms with van der Waals surface area (Å²) >= 11 is 0. The molecule has 5 heteroatoms. The minimum Gasteiger partial charge on any atom is -0.468 e. The van der Waals surface area contributed by atoms with E-state index in [1.807, 2.05) is 6.07 Å². The van der Waals surface area contributed by atoms with Gasteiger partial charge >= 0.3 is 5.97 Å². The lowest BCUT2D eigenvalue weighted by molar-refractivity contribution is -0.145. The first-order chi connectivity index (χ1) is 11.5. The van der Waals surface area contributed by atoms with E-state index in [1.54, 1.807) is 24.3 Å². The Morgan fingerprint density at radius 1 is 1.08 bits per heavy atom. The molecule has 130 valence electrons. The number of nitrogens with one attached hydrogen (secondary N) is 1. The van der Waals surface area contributed by atoms with Crippen molar-refractivity contribution < 1.29 is 19.1 Å². The fraction of sp³-hybridized carbons (Fsp3) is 0.526. The quantitative estimate of drug-likeness (QED) is 0.472. The molecule has 1 aromatic carbocycles. The second kappa shape index (κ2) is 8.73. The molecule has 0 amide bonds. The van der Waals surface area contributed by atoms with Gasteiger partial charge in [0.05, 0.1) is 7.11 Å². The SMILES string of the molecule is COC(=O)C(NC(C(C)=O)C(=O)c1ccccc1)C1CCCCC1. The van der Waals surface area contributed by atoms with Crippen LogP contribution in [0.5, 0.6) is 0 Å². The molecule has 2 unspecified atom stereocenters. The van der Waals surface area contributed by atoms with Crippen molar-refractivity contribution in [3.8, 4) is 0 Å². The van der Waals surface area contributed by atoms with Gasteiger partial charge in [-0.1, -0.05) is 49.6 Å². The van der Waals surface area contributed by atoms with Gasteiger partial charge in [0.1, 0.15) is 12.1 Å². The Morgan fingerprint density at radius 3 is 2.25 bits per heavy atom. The smallest absolute Gasteiger partial charge is 0.323 e. The Bertz CT molecular complexity index is 578. The molecule has 0 spiro atoms. The van der Waals surface area contributed by atoms with Crippen molar-refractivity contribution in [2.45, 2.75) is 51.1 Å². The van der Waals surface area contributed by atoms with Crippen LogP contribution in [-0.2, 0) is 14.3 Å². The van der Waals surface area contributed by atoms with Crippen LogP contribution < -0.4 is 5.32 Å². The molecule has 1 aliphatic rings. The number of methoxy groups -OCH3 is 1. The second-order valence-electron chi connectivity index (χ2n) is 6.34. The summed E-state index contributed by atoms with van der Waals surface area (Å²) in [5.74, 6) is -0.924. The first-order valence-electron chi connectivity index (χ1n) is 8.48. The number of ketones is 2. The van der Waals surface area contributed by atoms with E-state index in [0.29, 0.717) is 5.56 Å². The molecule has 1 aromatic rings. The first kappa shape index (κ1) is 18.3. The molecular weight excluding hydrogens is 306 g/mol. The van der Waals surface area contributed by atoms with Crippen molar-refractivity contribution in [3.05, 3.63) is 35.9 Å².